The summed E-state index contributed by atoms with van der Waals surface area (Å²) in [7, 11) is 2.16. The quantitative estimate of drug-likeness (QED) is 0.830. The van der Waals surface area contributed by atoms with Crippen LogP contribution in [0.1, 0.15) is 46.0 Å². The van der Waals surface area contributed by atoms with Crippen molar-refractivity contribution in [3.63, 3.8) is 0 Å². The van der Waals surface area contributed by atoms with Gasteiger partial charge in [-0.25, -0.2) is 0 Å². The fourth-order valence-corrected chi connectivity index (χ4v) is 3.35. The number of carbonyl (C=O) groups is 2. The average Bonchev–Trinajstić information content (AvgIpc) is 2.47. The van der Waals surface area contributed by atoms with E-state index in [0.29, 0.717) is 5.92 Å². The van der Waals surface area contributed by atoms with Crippen LogP contribution in [0.3, 0.4) is 0 Å². The van der Waals surface area contributed by atoms with Gasteiger partial charge >= 0.3 is 0 Å². The summed E-state index contributed by atoms with van der Waals surface area (Å²) in [4.78, 5) is 28.7. The molecule has 0 aromatic heterocycles. The number of amides is 2. The largest absolute Gasteiger partial charge is 0.343 e. The summed E-state index contributed by atoms with van der Waals surface area (Å²) < 4.78 is 0. The van der Waals surface area contributed by atoms with E-state index in [9.17, 15) is 9.59 Å². The molecule has 2 amide bonds. The second-order valence-corrected chi connectivity index (χ2v) is 6.59. The van der Waals surface area contributed by atoms with Crippen molar-refractivity contribution in [2.75, 3.05) is 26.7 Å². The number of nitrogens with zero attached hydrogens (tertiary/aromatic N) is 2. The number of rotatable bonds is 5. The van der Waals surface area contributed by atoms with Gasteiger partial charge in [0.15, 0.2) is 0 Å². The Morgan fingerprint density at radius 2 is 1.86 bits per heavy atom. The van der Waals surface area contributed by atoms with Gasteiger partial charge in [0.05, 0.1) is 0 Å². The number of piperazine rings is 1. The van der Waals surface area contributed by atoms with Crippen LogP contribution in [0.4, 0.5) is 0 Å². The van der Waals surface area contributed by atoms with Crippen LogP contribution in [0.25, 0.3) is 0 Å². The molecular formula is C16H29N3O2. The average molecular weight is 295 g/mol. The lowest BCUT2D eigenvalue weighted by Crippen LogP contribution is -2.62. The van der Waals surface area contributed by atoms with Crippen molar-refractivity contribution >= 4 is 11.8 Å². The van der Waals surface area contributed by atoms with Gasteiger partial charge in [0.1, 0.15) is 12.1 Å². The molecule has 0 aromatic carbocycles. The van der Waals surface area contributed by atoms with Gasteiger partial charge in [-0.3, -0.25) is 9.59 Å². The van der Waals surface area contributed by atoms with Gasteiger partial charge in [-0.2, -0.15) is 0 Å². The van der Waals surface area contributed by atoms with Crippen molar-refractivity contribution in [1.82, 2.24) is 15.1 Å². The standard InChI is InChI=1S/C16H29N3O2/c1-4-5-14-16(21)19(12(2)15(20)17-14)11-8-13-6-9-18(3)10-7-13/h12-14H,4-11H2,1-3H3,(H,17,20). The molecule has 0 aliphatic carbocycles. The van der Waals surface area contributed by atoms with Crippen molar-refractivity contribution in [3.8, 4) is 0 Å². The maximum atomic E-state index is 12.5. The van der Waals surface area contributed by atoms with E-state index in [1.807, 2.05) is 13.8 Å². The number of likely N-dealkylation sites (tertiary alicyclic amines) is 1. The molecule has 21 heavy (non-hydrogen) atoms. The van der Waals surface area contributed by atoms with E-state index in [1.54, 1.807) is 4.90 Å². The number of hydrogen-bond donors (Lipinski definition) is 1. The third-order valence-electron chi connectivity index (χ3n) is 4.94. The highest BCUT2D eigenvalue weighted by Crippen LogP contribution is 2.22. The Morgan fingerprint density at radius 1 is 1.19 bits per heavy atom. The predicted octanol–water partition coefficient (Wildman–Crippen LogP) is 1.23. The zero-order valence-electron chi connectivity index (χ0n) is 13.6. The third kappa shape index (κ3) is 3.96. The Balaban J connectivity index is 1.90. The molecule has 120 valence electrons. The highest BCUT2D eigenvalue weighted by Gasteiger charge is 2.37. The van der Waals surface area contributed by atoms with Crippen molar-refractivity contribution in [2.24, 2.45) is 5.92 Å². The molecule has 2 aliphatic rings. The SMILES string of the molecule is CCCC1NC(=O)C(C)N(CCC2CCN(C)CC2)C1=O. The molecule has 0 spiro atoms. The molecule has 2 unspecified atom stereocenters. The van der Waals surface area contributed by atoms with E-state index in [2.05, 4.69) is 17.3 Å². The van der Waals surface area contributed by atoms with E-state index >= 15 is 0 Å². The molecular weight excluding hydrogens is 266 g/mol. The molecule has 2 fully saturated rings. The van der Waals surface area contributed by atoms with Crippen LogP contribution in [0.15, 0.2) is 0 Å². The van der Waals surface area contributed by atoms with Crippen LogP contribution in [0.5, 0.6) is 0 Å². The molecule has 0 radical (unpaired) electrons. The molecule has 0 bridgehead atoms. The Hall–Kier alpha value is -1.10. The van der Waals surface area contributed by atoms with Crippen LogP contribution in [0.2, 0.25) is 0 Å². The Bertz CT molecular complexity index is 378. The van der Waals surface area contributed by atoms with E-state index in [1.165, 1.54) is 12.8 Å². The monoisotopic (exact) mass is 295 g/mol. The normalized spacial score (nSPS) is 28.8. The first kappa shape index (κ1) is 16.3. The maximum absolute atomic E-state index is 12.5. The smallest absolute Gasteiger partial charge is 0.245 e. The van der Waals surface area contributed by atoms with E-state index in [0.717, 1.165) is 38.9 Å². The van der Waals surface area contributed by atoms with E-state index in [4.69, 9.17) is 0 Å². The lowest BCUT2D eigenvalue weighted by molar-refractivity contribution is -0.149. The number of carbonyl (C=O) groups excluding carboxylic acids is 2. The van der Waals surface area contributed by atoms with Crippen LogP contribution < -0.4 is 5.32 Å². The van der Waals surface area contributed by atoms with Gasteiger partial charge in [0.2, 0.25) is 11.8 Å². The molecule has 2 saturated heterocycles. The summed E-state index contributed by atoms with van der Waals surface area (Å²) >= 11 is 0. The number of hydrogen-bond acceptors (Lipinski definition) is 3. The molecule has 2 rings (SSSR count). The van der Waals surface area contributed by atoms with Crippen molar-refractivity contribution in [2.45, 2.75) is 58.0 Å². The van der Waals surface area contributed by atoms with E-state index in [-0.39, 0.29) is 23.9 Å². The van der Waals surface area contributed by atoms with Crippen LogP contribution in [-0.2, 0) is 9.59 Å². The highest BCUT2D eigenvalue weighted by atomic mass is 16.2. The minimum absolute atomic E-state index is 0.00331. The molecule has 1 N–H and O–H groups in total. The minimum atomic E-state index is -0.322. The number of piperidine rings is 1. The minimum Gasteiger partial charge on any atom is -0.343 e. The molecule has 5 nitrogen and oxygen atoms in total. The summed E-state index contributed by atoms with van der Waals surface area (Å²) in [6.45, 7) is 6.90. The Morgan fingerprint density at radius 3 is 2.48 bits per heavy atom. The first-order valence-electron chi connectivity index (χ1n) is 8.32. The summed E-state index contributed by atoms with van der Waals surface area (Å²) in [5, 5.41) is 2.85. The van der Waals surface area contributed by atoms with Crippen molar-refractivity contribution < 1.29 is 9.59 Å². The zero-order valence-corrected chi connectivity index (χ0v) is 13.6. The molecule has 2 atom stereocenters. The molecule has 0 aromatic rings. The van der Waals surface area contributed by atoms with E-state index < -0.39 is 0 Å². The Kier molecular flexibility index (Phi) is 5.62. The molecule has 0 saturated carbocycles. The van der Waals surface area contributed by atoms with Gasteiger partial charge < -0.3 is 15.1 Å². The van der Waals surface area contributed by atoms with Crippen LogP contribution in [0, 0.1) is 5.92 Å². The van der Waals surface area contributed by atoms with Gasteiger partial charge in [0.25, 0.3) is 0 Å². The lowest BCUT2D eigenvalue weighted by Gasteiger charge is -2.38. The first-order valence-corrected chi connectivity index (χ1v) is 8.32. The summed E-state index contributed by atoms with van der Waals surface area (Å²) in [6.07, 6.45) is 5.08. The topological polar surface area (TPSA) is 52.7 Å². The first-order chi connectivity index (χ1) is 10.0. The van der Waals surface area contributed by atoms with Crippen LogP contribution in [-0.4, -0.2) is 60.4 Å². The second-order valence-electron chi connectivity index (χ2n) is 6.59. The van der Waals surface area contributed by atoms with Gasteiger partial charge in [-0.15, -0.1) is 0 Å². The fourth-order valence-electron chi connectivity index (χ4n) is 3.35. The molecule has 5 heteroatoms. The van der Waals surface area contributed by atoms with Crippen molar-refractivity contribution in [1.29, 1.82) is 0 Å². The Labute approximate surface area is 128 Å². The second kappa shape index (κ2) is 7.25. The molecule has 2 heterocycles. The third-order valence-corrected chi connectivity index (χ3v) is 4.94. The summed E-state index contributed by atoms with van der Waals surface area (Å²) in [5.41, 5.74) is 0. The fraction of sp³-hybridized carbons (Fsp3) is 0.875. The zero-order chi connectivity index (χ0) is 15.4. The highest BCUT2D eigenvalue weighted by molar-refractivity contribution is 5.96. The lowest BCUT2D eigenvalue weighted by atomic mass is 9.93. The predicted molar refractivity (Wildman–Crippen MR) is 82.9 cm³/mol. The van der Waals surface area contributed by atoms with Crippen molar-refractivity contribution in [3.05, 3.63) is 0 Å². The van der Waals surface area contributed by atoms with Gasteiger partial charge in [-0.1, -0.05) is 13.3 Å². The molecule has 2 aliphatic heterocycles. The maximum Gasteiger partial charge on any atom is 0.245 e. The van der Waals surface area contributed by atoms with Gasteiger partial charge in [0, 0.05) is 6.54 Å². The van der Waals surface area contributed by atoms with Crippen LogP contribution >= 0.6 is 0 Å². The van der Waals surface area contributed by atoms with Gasteiger partial charge in [-0.05, 0) is 58.7 Å². The number of nitrogens with one attached hydrogen (secondary N) is 1. The summed E-state index contributed by atoms with van der Waals surface area (Å²) in [6, 6.07) is -0.631. The summed E-state index contributed by atoms with van der Waals surface area (Å²) in [5.74, 6) is 0.795.